The lowest BCUT2D eigenvalue weighted by Crippen LogP contribution is -2.46. The topological polar surface area (TPSA) is 124 Å². The molecule has 15 heteroatoms. The largest absolute Gasteiger partial charge is 0.493 e. The van der Waals surface area contributed by atoms with Crippen molar-refractivity contribution in [1.82, 2.24) is 24.1 Å². The number of carbonyl (C=O) groups is 1. The van der Waals surface area contributed by atoms with Crippen molar-refractivity contribution in [3.05, 3.63) is 113 Å². The van der Waals surface area contributed by atoms with Gasteiger partial charge in [0.1, 0.15) is 42.4 Å². The van der Waals surface area contributed by atoms with Crippen LogP contribution in [0.4, 0.5) is 20.2 Å². The lowest BCUT2D eigenvalue weighted by molar-refractivity contribution is -0.683. The molecule has 2 aromatic heterocycles. The van der Waals surface area contributed by atoms with Gasteiger partial charge in [0.25, 0.3) is 6.33 Å². The van der Waals surface area contributed by atoms with E-state index in [1.54, 1.807) is 22.5 Å². The number of hydrogen-bond donors (Lipinski definition) is 1. The number of aromatic nitrogens is 6. The Morgan fingerprint density at radius 2 is 1.67 bits per heavy atom. The quantitative estimate of drug-likeness (QED) is 0.134. The van der Waals surface area contributed by atoms with E-state index in [1.165, 1.54) is 34.0 Å². The summed E-state index contributed by atoms with van der Waals surface area (Å²) in [7, 11) is 0. The van der Waals surface area contributed by atoms with Gasteiger partial charge >= 0.3 is 5.69 Å². The van der Waals surface area contributed by atoms with Crippen molar-refractivity contribution in [2.75, 3.05) is 49.2 Å². The molecule has 0 radical (unpaired) electrons. The fraction of sp³-hybridized carbons (Fsp3) is 0.410. The van der Waals surface area contributed by atoms with E-state index in [9.17, 15) is 19.1 Å². The Balaban J connectivity index is 0.930. The van der Waals surface area contributed by atoms with Gasteiger partial charge in [0.05, 0.1) is 31.0 Å². The Kier molecular flexibility index (Phi) is 10.9. The number of aliphatic hydroxyl groups excluding tert-OH is 1. The second-order valence-electron chi connectivity index (χ2n) is 14.0. The Labute approximate surface area is 311 Å². The number of rotatable bonds is 14. The lowest BCUT2D eigenvalue weighted by atomic mass is 9.87. The first-order valence-electron chi connectivity index (χ1n) is 18.3. The molecule has 5 aromatic rings. The van der Waals surface area contributed by atoms with Crippen LogP contribution in [0.3, 0.4) is 0 Å². The number of aldehydes is 1. The highest BCUT2D eigenvalue weighted by Gasteiger charge is 2.46. The maximum Gasteiger partial charge on any atom is 0.350 e. The van der Waals surface area contributed by atoms with Crippen LogP contribution in [0, 0.1) is 17.6 Å². The summed E-state index contributed by atoms with van der Waals surface area (Å²) in [6.07, 6.45) is 5.80. The molecule has 2 aliphatic heterocycles. The average Bonchev–Trinajstić information content (AvgIpc) is 3.91. The third-order valence-corrected chi connectivity index (χ3v) is 10.4. The fourth-order valence-corrected chi connectivity index (χ4v) is 7.55. The van der Waals surface area contributed by atoms with E-state index in [-0.39, 0.29) is 36.3 Å². The normalized spacial score (nSPS) is 19.9. The zero-order valence-electron chi connectivity index (χ0n) is 30.4. The van der Waals surface area contributed by atoms with E-state index < -0.39 is 23.3 Å². The number of hydrogen-bond acceptors (Lipinski definition) is 9. The van der Waals surface area contributed by atoms with Crippen LogP contribution in [-0.4, -0.2) is 81.0 Å². The molecule has 2 aliphatic rings. The van der Waals surface area contributed by atoms with Crippen LogP contribution in [0.15, 0.2) is 90.5 Å². The molecule has 0 unspecified atom stereocenters. The van der Waals surface area contributed by atoms with E-state index >= 15 is 4.39 Å². The smallest absolute Gasteiger partial charge is 0.350 e. The highest BCUT2D eigenvalue weighted by Crippen LogP contribution is 2.42. The number of nitrogens with zero attached hydrogens (tertiary/aromatic N) is 8. The molecule has 13 nitrogen and oxygen atoms in total. The van der Waals surface area contributed by atoms with E-state index in [0.717, 1.165) is 55.6 Å². The van der Waals surface area contributed by atoms with Gasteiger partial charge in [-0.1, -0.05) is 13.0 Å². The minimum Gasteiger partial charge on any atom is -0.493 e. The average molecular weight is 744 g/mol. The third kappa shape index (κ3) is 7.78. The zero-order valence-corrected chi connectivity index (χ0v) is 30.4. The summed E-state index contributed by atoms with van der Waals surface area (Å²) < 4.78 is 47.5. The number of ether oxygens (including phenoxy) is 2. The summed E-state index contributed by atoms with van der Waals surface area (Å²) in [6.45, 7) is 7.91. The molecule has 4 heterocycles. The van der Waals surface area contributed by atoms with Gasteiger partial charge in [-0.3, -0.25) is 4.79 Å². The molecule has 7 rings (SSSR count). The summed E-state index contributed by atoms with van der Waals surface area (Å²) in [4.78, 5) is 28.6. The predicted molar refractivity (Wildman–Crippen MR) is 196 cm³/mol. The van der Waals surface area contributed by atoms with Crippen molar-refractivity contribution < 1.29 is 32.7 Å². The molecule has 2 saturated heterocycles. The number of halogens is 2. The first-order valence-corrected chi connectivity index (χ1v) is 18.3. The molecule has 3 aromatic carbocycles. The highest BCUT2D eigenvalue weighted by molar-refractivity contribution is 5.55. The van der Waals surface area contributed by atoms with E-state index in [2.05, 4.69) is 20.0 Å². The van der Waals surface area contributed by atoms with Crippen LogP contribution >= 0.6 is 0 Å². The molecule has 54 heavy (non-hydrogen) atoms. The Hall–Kier alpha value is -5.41. The molecule has 4 atom stereocenters. The second-order valence-corrected chi connectivity index (χ2v) is 14.0. The second kappa shape index (κ2) is 15.9. The minimum atomic E-state index is -1.09. The van der Waals surface area contributed by atoms with Crippen molar-refractivity contribution in [3.8, 4) is 11.4 Å². The van der Waals surface area contributed by atoms with Gasteiger partial charge in [-0.15, -0.1) is 4.68 Å². The van der Waals surface area contributed by atoms with Gasteiger partial charge < -0.3 is 24.4 Å². The Morgan fingerprint density at radius 3 is 2.30 bits per heavy atom. The Morgan fingerprint density at radius 1 is 1.00 bits per heavy atom. The van der Waals surface area contributed by atoms with Gasteiger partial charge in [0.15, 0.2) is 6.29 Å². The van der Waals surface area contributed by atoms with Gasteiger partial charge in [0.2, 0.25) is 6.33 Å². The van der Waals surface area contributed by atoms with Crippen LogP contribution < -0.4 is 24.8 Å². The monoisotopic (exact) mass is 743 g/mol. The first-order chi connectivity index (χ1) is 26.2. The lowest BCUT2D eigenvalue weighted by Gasteiger charge is -2.37. The van der Waals surface area contributed by atoms with Crippen molar-refractivity contribution in [2.24, 2.45) is 5.92 Å². The molecular formula is C39H45F2N8O5+. The van der Waals surface area contributed by atoms with Crippen LogP contribution in [0.25, 0.3) is 5.69 Å². The van der Waals surface area contributed by atoms with Crippen molar-refractivity contribution in [3.63, 3.8) is 0 Å². The van der Waals surface area contributed by atoms with Crippen molar-refractivity contribution in [2.45, 2.75) is 57.5 Å². The predicted octanol–water partition coefficient (Wildman–Crippen LogP) is 3.66. The van der Waals surface area contributed by atoms with Gasteiger partial charge in [-0.25, -0.2) is 27.4 Å². The zero-order chi connectivity index (χ0) is 37.8. The fourth-order valence-electron chi connectivity index (χ4n) is 7.55. The molecule has 284 valence electrons. The third-order valence-electron chi connectivity index (χ3n) is 10.4. The molecule has 2 fully saturated rings. The maximum atomic E-state index is 15.1. The highest BCUT2D eigenvalue weighted by atomic mass is 19.1. The molecule has 0 aliphatic carbocycles. The van der Waals surface area contributed by atoms with Crippen LogP contribution in [0.5, 0.6) is 5.75 Å². The number of aliphatic hydroxyl groups is 1. The SMILES string of the molecule is CC[C@@H]([C@H](C)O)n1ncn(-c2ccc(N3CCN(c4ccc(OC[C@@H]5CO[C@@](Cn6c[n+](CC=O)cn6)(c6ccc(F)cc6F)C5)cc4)CC3)cc2)c1=O. The maximum absolute atomic E-state index is 15.1. The number of carbonyl (C=O) groups excluding carboxylic acids is 1. The molecular weight excluding hydrogens is 698 g/mol. The minimum absolute atomic E-state index is 0.0592. The molecule has 0 saturated carbocycles. The molecule has 0 spiro atoms. The summed E-state index contributed by atoms with van der Waals surface area (Å²) in [6, 6.07) is 19.0. The van der Waals surface area contributed by atoms with Gasteiger partial charge in [-0.2, -0.15) is 5.10 Å². The van der Waals surface area contributed by atoms with E-state index in [1.807, 2.05) is 55.5 Å². The summed E-state index contributed by atoms with van der Waals surface area (Å²) in [5, 5.41) is 18.6. The van der Waals surface area contributed by atoms with Gasteiger partial charge in [-0.05, 0) is 74.4 Å². The van der Waals surface area contributed by atoms with E-state index in [0.29, 0.717) is 31.8 Å². The number of piperazine rings is 1. The Bertz CT molecular complexity index is 2090. The first kappa shape index (κ1) is 36.9. The number of anilines is 2. The molecule has 1 N–H and O–H groups in total. The number of benzene rings is 3. The van der Waals surface area contributed by atoms with Gasteiger partial charge in [0, 0.05) is 60.2 Å². The standard InChI is InChI=1S/C39H45F2N8O5/c1-3-37(28(2)51)49-38(52)48(26-43-49)33-7-5-31(6-8-33)45-14-16-46(17-15-45)32-9-11-34(12-10-32)53-22-29-21-39(54-23-29,35-13-4-30(40)20-36(35)41)24-47-27-44(18-19-50)25-42-47/h4-13,19-20,25-29,37,51H,3,14-18,21-24H2,1-2H3/q+1/t28-,29+,37-,39-/m0/s1. The summed E-state index contributed by atoms with van der Waals surface area (Å²) >= 11 is 0. The van der Waals surface area contributed by atoms with Crippen molar-refractivity contribution in [1.29, 1.82) is 0 Å². The van der Waals surface area contributed by atoms with Crippen LogP contribution in [0.2, 0.25) is 0 Å². The summed E-state index contributed by atoms with van der Waals surface area (Å²) in [5.74, 6) is -0.693. The van der Waals surface area contributed by atoms with Crippen molar-refractivity contribution >= 4 is 17.7 Å². The van der Waals surface area contributed by atoms with Crippen LogP contribution in [0.1, 0.15) is 38.3 Å². The van der Waals surface area contributed by atoms with Crippen LogP contribution in [-0.2, 0) is 28.2 Å². The molecule has 0 bridgehead atoms. The van der Waals surface area contributed by atoms with E-state index in [4.69, 9.17) is 9.47 Å². The molecule has 0 amide bonds. The summed E-state index contributed by atoms with van der Waals surface area (Å²) in [5.41, 5.74) is 1.78.